The topological polar surface area (TPSA) is 0 Å². The summed E-state index contributed by atoms with van der Waals surface area (Å²) < 4.78 is 0. The van der Waals surface area contributed by atoms with Gasteiger partial charge >= 0.3 is 0 Å². The highest BCUT2D eigenvalue weighted by atomic mass is 13.8. The van der Waals surface area contributed by atoms with Crippen molar-refractivity contribution >= 4 is 0 Å². The van der Waals surface area contributed by atoms with Gasteiger partial charge in [0, 0.05) is 0 Å². The number of unbranched alkanes of at least 4 members (excludes halogenated alkanes) is 1. The first kappa shape index (κ1) is 13.1. The van der Waals surface area contributed by atoms with Crippen molar-refractivity contribution in [3.63, 3.8) is 0 Å². The van der Waals surface area contributed by atoms with Crippen molar-refractivity contribution in [2.45, 2.75) is 46.5 Å². The van der Waals surface area contributed by atoms with Gasteiger partial charge in [-0.05, 0) is 19.8 Å². The van der Waals surface area contributed by atoms with Gasteiger partial charge in [-0.1, -0.05) is 38.3 Å². The third kappa shape index (κ3) is 26.4. The minimum absolute atomic E-state index is 1.15. The van der Waals surface area contributed by atoms with Crippen LogP contribution in [0.5, 0.6) is 0 Å². The molecule has 0 aromatic heterocycles. The summed E-state index contributed by atoms with van der Waals surface area (Å²) in [5.41, 5.74) is 1.29. The van der Waals surface area contributed by atoms with E-state index in [0.29, 0.717) is 0 Å². The highest BCUT2D eigenvalue weighted by molar-refractivity contribution is 4.86. The molecular formula is C11H22. The molecule has 0 heterocycles. The van der Waals surface area contributed by atoms with E-state index >= 15 is 0 Å². The van der Waals surface area contributed by atoms with Crippen LogP contribution in [-0.4, -0.2) is 0 Å². The van der Waals surface area contributed by atoms with Crippen LogP contribution in [0.1, 0.15) is 46.5 Å². The zero-order valence-corrected chi connectivity index (χ0v) is 8.32. The van der Waals surface area contributed by atoms with Crippen molar-refractivity contribution in [1.29, 1.82) is 0 Å². The third-order valence-electron chi connectivity index (χ3n) is 1.17. The Morgan fingerprint density at radius 1 is 1.27 bits per heavy atom. The average molecular weight is 154 g/mol. The molecule has 0 aliphatic rings. The fourth-order valence-electron chi connectivity index (χ4n) is 0.631. The van der Waals surface area contributed by atoms with E-state index in [1.54, 1.807) is 0 Å². The van der Waals surface area contributed by atoms with Gasteiger partial charge < -0.3 is 0 Å². The lowest BCUT2D eigenvalue weighted by Crippen LogP contribution is -1.66. The molecule has 0 bridgehead atoms. The van der Waals surface area contributed by atoms with Crippen LogP contribution in [0.15, 0.2) is 24.8 Å². The predicted molar refractivity (Wildman–Crippen MR) is 54.8 cm³/mol. The van der Waals surface area contributed by atoms with E-state index in [2.05, 4.69) is 33.9 Å². The third-order valence-corrected chi connectivity index (χ3v) is 1.17. The van der Waals surface area contributed by atoms with E-state index in [0.717, 1.165) is 6.42 Å². The summed E-state index contributed by atoms with van der Waals surface area (Å²) >= 11 is 0. The van der Waals surface area contributed by atoms with Crippen molar-refractivity contribution in [3.8, 4) is 0 Å². The molecule has 66 valence electrons. The molecule has 0 unspecified atom stereocenters. The minimum Gasteiger partial charge on any atom is -0.103 e. The Hall–Kier alpha value is -0.520. The van der Waals surface area contributed by atoms with Crippen molar-refractivity contribution in [2.24, 2.45) is 0 Å². The van der Waals surface area contributed by atoms with E-state index in [1.807, 2.05) is 6.08 Å². The second kappa shape index (κ2) is 12.2. The Labute approximate surface area is 72.0 Å². The number of hydrogen-bond acceptors (Lipinski definition) is 0. The van der Waals surface area contributed by atoms with Crippen LogP contribution in [0.3, 0.4) is 0 Å². The Bertz CT molecular complexity index is 90.2. The van der Waals surface area contributed by atoms with Gasteiger partial charge in [-0.25, -0.2) is 0 Å². The van der Waals surface area contributed by atoms with E-state index in [9.17, 15) is 0 Å². The molecule has 0 aromatic rings. The summed E-state index contributed by atoms with van der Waals surface area (Å²) in [6, 6.07) is 0. The molecule has 0 N–H and O–H groups in total. The normalized spacial score (nSPS) is 7.91. The maximum absolute atomic E-state index is 3.74. The van der Waals surface area contributed by atoms with Crippen LogP contribution < -0.4 is 0 Å². The molecule has 0 rings (SSSR count). The highest BCUT2D eigenvalue weighted by Crippen LogP contribution is 1.96. The zero-order chi connectivity index (χ0) is 9.11. The Morgan fingerprint density at radius 3 is 1.82 bits per heavy atom. The van der Waals surface area contributed by atoms with Gasteiger partial charge in [-0.2, -0.15) is 0 Å². The monoisotopic (exact) mass is 154 g/mol. The quantitative estimate of drug-likeness (QED) is 0.528. The molecule has 0 spiro atoms. The van der Waals surface area contributed by atoms with E-state index < -0.39 is 0 Å². The summed E-state index contributed by atoms with van der Waals surface area (Å²) in [7, 11) is 0. The Kier molecular flexibility index (Phi) is 14.5. The lowest BCUT2D eigenvalue weighted by Gasteiger charge is -1.87. The van der Waals surface area contributed by atoms with Crippen molar-refractivity contribution in [1.82, 2.24) is 0 Å². The number of allylic oxidation sites excluding steroid dienone is 2. The SMILES string of the molecule is C=C(C)CCC.C=CCCC. The van der Waals surface area contributed by atoms with Gasteiger partial charge in [0.1, 0.15) is 0 Å². The van der Waals surface area contributed by atoms with Gasteiger partial charge in [0.05, 0.1) is 0 Å². The second-order valence-electron chi connectivity index (χ2n) is 2.78. The number of rotatable bonds is 4. The molecule has 0 atom stereocenters. The van der Waals surface area contributed by atoms with Crippen molar-refractivity contribution in [3.05, 3.63) is 24.8 Å². The first-order chi connectivity index (χ1) is 5.18. The molecule has 0 amide bonds. The van der Waals surface area contributed by atoms with Crippen molar-refractivity contribution < 1.29 is 0 Å². The average Bonchev–Trinajstić information content (AvgIpc) is 1.90. The van der Waals surface area contributed by atoms with E-state index in [4.69, 9.17) is 0 Å². The molecule has 0 heteroatoms. The fraction of sp³-hybridized carbons (Fsp3) is 0.636. The number of hydrogen-bond donors (Lipinski definition) is 0. The molecule has 0 aliphatic carbocycles. The molecule has 0 aromatic carbocycles. The predicted octanol–water partition coefficient (Wildman–Crippen LogP) is 4.34. The van der Waals surface area contributed by atoms with E-state index in [-0.39, 0.29) is 0 Å². The van der Waals surface area contributed by atoms with Gasteiger partial charge in [-0.15, -0.1) is 13.2 Å². The molecule has 0 fully saturated rings. The summed E-state index contributed by atoms with van der Waals surface area (Å²) in [4.78, 5) is 0. The molecule has 0 saturated heterocycles. The smallest absolute Gasteiger partial charge is 0.0328 e. The molecule has 11 heavy (non-hydrogen) atoms. The van der Waals surface area contributed by atoms with Gasteiger partial charge in [0.15, 0.2) is 0 Å². The standard InChI is InChI=1S/C6H12.C5H10/c1-4-5-6(2)3;1-3-5-4-2/h2,4-5H2,1,3H3;3H,1,4-5H2,2H3. The first-order valence-corrected chi connectivity index (χ1v) is 4.44. The Balaban J connectivity index is 0. The summed E-state index contributed by atoms with van der Waals surface area (Å²) in [5.74, 6) is 0. The largest absolute Gasteiger partial charge is 0.103 e. The maximum Gasteiger partial charge on any atom is -0.0328 e. The molecule has 0 saturated carbocycles. The van der Waals surface area contributed by atoms with Crippen LogP contribution in [0.2, 0.25) is 0 Å². The summed E-state index contributed by atoms with van der Waals surface area (Å²) in [5, 5.41) is 0. The lowest BCUT2D eigenvalue weighted by molar-refractivity contribution is 0.910. The first-order valence-electron chi connectivity index (χ1n) is 4.44. The summed E-state index contributed by atoms with van der Waals surface area (Å²) in [6.07, 6.45) is 6.72. The zero-order valence-electron chi connectivity index (χ0n) is 8.32. The molecular weight excluding hydrogens is 132 g/mol. The van der Waals surface area contributed by atoms with Crippen LogP contribution in [0.4, 0.5) is 0 Å². The van der Waals surface area contributed by atoms with Gasteiger partial charge in [0.25, 0.3) is 0 Å². The van der Waals surface area contributed by atoms with Gasteiger partial charge in [0.2, 0.25) is 0 Å². The Morgan fingerprint density at radius 2 is 1.82 bits per heavy atom. The van der Waals surface area contributed by atoms with Crippen LogP contribution in [0.25, 0.3) is 0 Å². The molecule has 0 nitrogen and oxygen atoms in total. The van der Waals surface area contributed by atoms with Crippen LogP contribution in [0, 0.1) is 0 Å². The van der Waals surface area contributed by atoms with E-state index in [1.165, 1.54) is 24.8 Å². The van der Waals surface area contributed by atoms with Gasteiger partial charge in [-0.3, -0.25) is 0 Å². The second-order valence-corrected chi connectivity index (χ2v) is 2.78. The minimum atomic E-state index is 1.15. The lowest BCUT2D eigenvalue weighted by atomic mass is 10.2. The van der Waals surface area contributed by atoms with Crippen LogP contribution in [-0.2, 0) is 0 Å². The molecule has 0 aliphatic heterocycles. The maximum atomic E-state index is 3.74. The van der Waals surface area contributed by atoms with Crippen molar-refractivity contribution in [2.75, 3.05) is 0 Å². The van der Waals surface area contributed by atoms with Crippen LogP contribution >= 0.6 is 0 Å². The highest BCUT2D eigenvalue weighted by Gasteiger charge is 1.76. The molecule has 0 radical (unpaired) electrons. The fourth-order valence-corrected chi connectivity index (χ4v) is 0.631. The summed E-state index contributed by atoms with van der Waals surface area (Å²) in [6.45, 7) is 13.7.